The molecule has 0 bridgehead atoms. The maximum Gasteiger partial charge on any atom is 0.149 e. The molecule has 0 amide bonds. The molecule has 1 rings (SSSR count). The van der Waals surface area contributed by atoms with Crippen LogP contribution in [0.4, 0.5) is 0 Å². The highest BCUT2D eigenvalue weighted by Crippen LogP contribution is 2.16. The Balaban J connectivity index is 2.64. The van der Waals surface area contributed by atoms with Crippen LogP contribution in [0.25, 0.3) is 0 Å². The molecule has 0 fully saturated rings. The van der Waals surface area contributed by atoms with E-state index < -0.39 is 0 Å². The predicted molar refractivity (Wildman–Crippen MR) is 57.4 cm³/mol. The Morgan fingerprint density at radius 3 is 2.67 bits per heavy atom. The zero-order chi connectivity index (χ0) is 11.1. The van der Waals surface area contributed by atoms with E-state index in [1.54, 1.807) is 18.3 Å². The van der Waals surface area contributed by atoms with Gasteiger partial charge in [-0.3, -0.25) is 0 Å². The van der Waals surface area contributed by atoms with Gasteiger partial charge in [0.2, 0.25) is 0 Å². The molecule has 74 valence electrons. The van der Waals surface area contributed by atoms with Crippen molar-refractivity contribution in [3.63, 3.8) is 0 Å². The Bertz CT molecular complexity index is 423. The lowest BCUT2D eigenvalue weighted by Crippen LogP contribution is -2.03. The summed E-state index contributed by atoms with van der Waals surface area (Å²) in [6, 6.07) is 9.02. The molecule has 0 saturated carbocycles. The van der Waals surface area contributed by atoms with E-state index >= 15 is 0 Å². The van der Waals surface area contributed by atoms with Crippen molar-refractivity contribution in [1.29, 1.82) is 10.5 Å². The smallest absolute Gasteiger partial charge is 0.149 e. The predicted octanol–water partition coefficient (Wildman–Crippen LogP) is 1.43. The summed E-state index contributed by atoms with van der Waals surface area (Å²) in [5.74, 6) is 0.396. The van der Waals surface area contributed by atoms with E-state index in [0.29, 0.717) is 5.75 Å². The summed E-state index contributed by atoms with van der Waals surface area (Å²) in [6.45, 7) is 0. The van der Waals surface area contributed by atoms with Crippen molar-refractivity contribution in [2.45, 2.75) is 5.03 Å². The van der Waals surface area contributed by atoms with Crippen molar-refractivity contribution in [2.24, 2.45) is 5.73 Å². The minimum atomic E-state index is -0.0292. The van der Waals surface area contributed by atoms with Gasteiger partial charge in [-0.15, -0.1) is 11.8 Å². The molecule has 1 heterocycles. The molecule has 1 aromatic rings. The van der Waals surface area contributed by atoms with Crippen molar-refractivity contribution in [3.05, 3.63) is 35.7 Å². The molecule has 0 aliphatic rings. The van der Waals surface area contributed by atoms with E-state index in [1.807, 2.05) is 18.2 Å². The van der Waals surface area contributed by atoms with Crippen LogP contribution in [0, 0.1) is 22.7 Å². The Hall–Kier alpha value is -1.98. The average Bonchev–Trinajstić information content (AvgIpc) is 2.29. The molecule has 0 aliphatic carbocycles. The van der Waals surface area contributed by atoms with Gasteiger partial charge in [0.15, 0.2) is 0 Å². The highest BCUT2D eigenvalue weighted by Gasteiger charge is 2.02. The number of nitrogens with zero attached hydrogens (tertiary/aromatic N) is 3. The molecule has 15 heavy (non-hydrogen) atoms. The molecule has 0 aromatic carbocycles. The van der Waals surface area contributed by atoms with Crippen LogP contribution < -0.4 is 5.73 Å². The molecule has 0 atom stereocenters. The van der Waals surface area contributed by atoms with Crippen LogP contribution in [0.1, 0.15) is 0 Å². The Labute approximate surface area is 92.0 Å². The SMILES string of the molecule is N#CC(C#N)=C(N)CSc1ccccn1. The van der Waals surface area contributed by atoms with E-state index in [0.717, 1.165) is 5.03 Å². The highest BCUT2D eigenvalue weighted by molar-refractivity contribution is 7.99. The van der Waals surface area contributed by atoms with Crippen LogP contribution in [0.3, 0.4) is 0 Å². The van der Waals surface area contributed by atoms with E-state index in [4.69, 9.17) is 16.3 Å². The monoisotopic (exact) mass is 216 g/mol. The lowest BCUT2D eigenvalue weighted by atomic mass is 10.3. The minimum absolute atomic E-state index is 0.0292. The van der Waals surface area contributed by atoms with Crippen molar-refractivity contribution >= 4 is 11.8 Å². The summed E-state index contributed by atoms with van der Waals surface area (Å²) in [5.41, 5.74) is 5.83. The number of nitriles is 2. The largest absolute Gasteiger partial charge is 0.400 e. The second-order valence-electron chi connectivity index (χ2n) is 2.58. The number of pyridine rings is 1. The van der Waals surface area contributed by atoms with E-state index in [9.17, 15) is 0 Å². The zero-order valence-corrected chi connectivity index (χ0v) is 8.66. The first-order valence-corrected chi connectivity index (χ1v) is 5.09. The molecule has 5 heteroatoms. The van der Waals surface area contributed by atoms with E-state index in [1.165, 1.54) is 11.8 Å². The van der Waals surface area contributed by atoms with Crippen LogP contribution in [0.2, 0.25) is 0 Å². The number of hydrogen-bond donors (Lipinski definition) is 1. The number of aromatic nitrogens is 1. The number of rotatable bonds is 3. The number of allylic oxidation sites excluding steroid dienone is 1. The second kappa shape index (κ2) is 5.69. The summed E-state index contributed by atoms with van der Waals surface area (Å²) in [5, 5.41) is 17.9. The van der Waals surface area contributed by atoms with Gasteiger partial charge in [0.1, 0.15) is 17.7 Å². The fraction of sp³-hybridized carbons (Fsp3) is 0.100. The molecule has 0 radical (unpaired) electrons. The van der Waals surface area contributed by atoms with Crippen molar-refractivity contribution in [1.82, 2.24) is 4.98 Å². The third kappa shape index (κ3) is 3.34. The first-order valence-electron chi connectivity index (χ1n) is 4.10. The highest BCUT2D eigenvalue weighted by atomic mass is 32.2. The fourth-order valence-corrected chi connectivity index (χ4v) is 1.58. The van der Waals surface area contributed by atoms with Crippen LogP contribution >= 0.6 is 11.8 Å². The molecule has 1 aromatic heterocycles. The minimum Gasteiger partial charge on any atom is -0.400 e. The number of nitrogens with two attached hydrogens (primary N) is 1. The first-order chi connectivity index (χ1) is 7.27. The average molecular weight is 216 g/mol. The second-order valence-corrected chi connectivity index (χ2v) is 3.58. The molecule has 0 spiro atoms. The number of thioether (sulfide) groups is 1. The van der Waals surface area contributed by atoms with E-state index in [2.05, 4.69) is 4.98 Å². The summed E-state index contributed by atoms with van der Waals surface area (Å²) in [6.07, 6.45) is 1.68. The molecular formula is C10H8N4S. The van der Waals surface area contributed by atoms with Gasteiger partial charge in [0.25, 0.3) is 0 Å². The van der Waals surface area contributed by atoms with Crippen LogP contribution in [-0.2, 0) is 0 Å². The van der Waals surface area contributed by atoms with Gasteiger partial charge in [-0.25, -0.2) is 4.98 Å². The maximum absolute atomic E-state index is 8.56. The van der Waals surface area contributed by atoms with Crippen LogP contribution in [0.15, 0.2) is 40.7 Å². The topological polar surface area (TPSA) is 86.5 Å². The standard InChI is InChI=1S/C10H8N4S/c11-5-8(6-12)9(13)7-15-10-3-1-2-4-14-10/h1-4H,7,13H2. The quantitative estimate of drug-likeness (QED) is 0.610. The Morgan fingerprint density at radius 2 is 2.13 bits per heavy atom. The lowest BCUT2D eigenvalue weighted by molar-refractivity contribution is 1.13. The van der Waals surface area contributed by atoms with Crippen molar-refractivity contribution in [2.75, 3.05) is 5.75 Å². The summed E-state index contributed by atoms with van der Waals surface area (Å²) in [4.78, 5) is 4.08. The molecule has 2 N–H and O–H groups in total. The lowest BCUT2D eigenvalue weighted by Gasteiger charge is -2.00. The third-order valence-electron chi connectivity index (χ3n) is 1.56. The maximum atomic E-state index is 8.56. The summed E-state index contributed by atoms with van der Waals surface area (Å²) < 4.78 is 0. The first kappa shape index (κ1) is 11.1. The van der Waals surface area contributed by atoms with E-state index in [-0.39, 0.29) is 11.3 Å². The van der Waals surface area contributed by atoms with Gasteiger partial charge in [-0.2, -0.15) is 10.5 Å². The van der Waals surface area contributed by atoms with Crippen molar-refractivity contribution < 1.29 is 0 Å². The Morgan fingerprint density at radius 1 is 1.40 bits per heavy atom. The molecule has 0 saturated heterocycles. The van der Waals surface area contributed by atoms with Gasteiger partial charge in [-0.05, 0) is 12.1 Å². The van der Waals surface area contributed by atoms with Gasteiger partial charge < -0.3 is 5.73 Å². The Kier molecular flexibility index (Phi) is 4.21. The third-order valence-corrected chi connectivity index (χ3v) is 2.55. The van der Waals surface area contributed by atoms with Crippen molar-refractivity contribution in [3.8, 4) is 12.1 Å². The van der Waals surface area contributed by atoms with Gasteiger partial charge in [-0.1, -0.05) is 6.07 Å². The summed E-state index contributed by atoms with van der Waals surface area (Å²) >= 11 is 1.39. The van der Waals surface area contributed by atoms with Crippen LogP contribution in [-0.4, -0.2) is 10.7 Å². The molecule has 4 nitrogen and oxygen atoms in total. The number of hydrogen-bond acceptors (Lipinski definition) is 5. The van der Waals surface area contributed by atoms with Gasteiger partial charge >= 0.3 is 0 Å². The molecular weight excluding hydrogens is 208 g/mol. The normalized spacial score (nSPS) is 8.67. The van der Waals surface area contributed by atoms with Gasteiger partial charge in [0, 0.05) is 17.6 Å². The van der Waals surface area contributed by atoms with Crippen LogP contribution in [0.5, 0.6) is 0 Å². The zero-order valence-electron chi connectivity index (χ0n) is 7.84. The fourth-order valence-electron chi connectivity index (χ4n) is 0.825. The van der Waals surface area contributed by atoms with Gasteiger partial charge in [0.05, 0.1) is 5.03 Å². The summed E-state index contributed by atoms with van der Waals surface area (Å²) in [7, 11) is 0. The molecule has 0 aliphatic heterocycles. The molecule has 0 unspecified atom stereocenters.